The Balaban J connectivity index is 2.33. The van der Waals surface area contributed by atoms with Gasteiger partial charge in [-0.3, -0.25) is 4.79 Å². The number of rotatable bonds is 4. The minimum atomic E-state index is -1.76. The van der Waals surface area contributed by atoms with Gasteiger partial charge in [-0.1, -0.05) is 18.3 Å². The lowest BCUT2D eigenvalue weighted by Gasteiger charge is -2.13. The average Bonchev–Trinajstić information content (AvgIpc) is 2.96. The summed E-state index contributed by atoms with van der Waals surface area (Å²) in [6.45, 7) is 1.49. The van der Waals surface area contributed by atoms with Crippen LogP contribution in [0.3, 0.4) is 0 Å². The number of aliphatic carboxylic acids is 1. The van der Waals surface area contributed by atoms with Gasteiger partial charge in [0, 0.05) is 6.07 Å². The Kier molecular flexibility index (Phi) is 5.51. The van der Waals surface area contributed by atoms with Crippen LogP contribution in [0.2, 0.25) is 0 Å². The predicted octanol–water partition coefficient (Wildman–Crippen LogP) is 4.18. The molecule has 5 nitrogen and oxygen atoms in total. The highest BCUT2D eigenvalue weighted by molar-refractivity contribution is 7.16. The number of carbonyl (C=O) groups is 2. The van der Waals surface area contributed by atoms with Crippen LogP contribution >= 0.6 is 11.3 Å². The maximum Gasteiger partial charge on any atom is 0.326 e. The topological polar surface area (TPSA) is 71.7 Å². The fraction of sp³-hybridized carbons (Fsp3) is 0.167. The van der Waals surface area contributed by atoms with Gasteiger partial charge < -0.3 is 9.67 Å². The number of hydrogen-bond donors (Lipinski definition) is 1. The minimum Gasteiger partial charge on any atom is -0.480 e. The van der Waals surface area contributed by atoms with Gasteiger partial charge in [-0.25, -0.2) is 26.7 Å². The number of benzene rings is 2. The first-order chi connectivity index (χ1) is 13.6. The quantitative estimate of drug-likeness (QED) is 0.499. The number of carbonyl (C=O) groups excluding carboxylic acids is 1. The molecule has 1 amide bonds. The van der Waals surface area contributed by atoms with Crippen molar-refractivity contribution in [2.45, 2.75) is 19.4 Å². The normalized spacial score (nSPS) is 13.1. The second-order valence-electron chi connectivity index (χ2n) is 5.89. The van der Waals surface area contributed by atoms with Gasteiger partial charge in [0.05, 0.1) is 10.2 Å². The number of nitrogens with zero attached hydrogens (tertiary/aromatic N) is 2. The van der Waals surface area contributed by atoms with Gasteiger partial charge in [-0.05, 0) is 24.6 Å². The highest BCUT2D eigenvalue weighted by Crippen LogP contribution is 2.26. The van der Waals surface area contributed by atoms with E-state index >= 15 is 0 Å². The second kappa shape index (κ2) is 7.74. The minimum absolute atomic E-state index is 0.0236. The molecule has 0 aliphatic heterocycles. The van der Waals surface area contributed by atoms with Crippen molar-refractivity contribution in [3.8, 4) is 0 Å². The predicted molar refractivity (Wildman–Crippen MR) is 92.9 cm³/mol. The summed E-state index contributed by atoms with van der Waals surface area (Å²) in [5, 5.41) is 9.45. The highest BCUT2D eigenvalue weighted by Gasteiger charge is 2.25. The van der Waals surface area contributed by atoms with Crippen molar-refractivity contribution in [3.05, 3.63) is 63.7 Å². The van der Waals surface area contributed by atoms with Crippen LogP contribution in [-0.4, -0.2) is 21.6 Å². The first kappa shape index (κ1) is 20.6. The smallest absolute Gasteiger partial charge is 0.326 e. The number of fused-ring (bicyclic) bond motifs is 1. The summed E-state index contributed by atoms with van der Waals surface area (Å²) in [7, 11) is 0. The van der Waals surface area contributed by atoms with Gasteiger partial charge in [0.25, 0.3) is 5.91 Å². The van der Waals surface area contributed by atoms with Gasteiger partial charge in [0.2, 0.25) is 0 Å². The Morgan fingerprint density at radius 3 is 2.31 bits per heavy atom. The zero-order valence-corrected chi connectivity index (χ0v) is 15.4. The number of carboxylic acids is 1. The number of hydrogen-bond acceptors (Lipinski definition) is 3. The van der Waals surface area contributed by atoms with Crippen LogP contribution in [0.15, 0.2) is 29.3 Å². The first-order valence-electron chi connectivity index (χ1n) is 8.11. The van der Waals surface area contributed by atoms with E-state index in [1.807, 2.05) is 0 Å². The third-order valence-corrected chi connectivity index (χ3v) is 5.12. The number of thiazole rings is 1. The third-order valence-electron chi connectivity index (χ3n) is 4.11. The molecule has 1 unspecified atom stereocenters. The molecule has 0 aliphatic carbocycles. The molecule has 1 N–H and O–H groups in total. The van der Waals surface area contributed by atoms with Crippen molar-refractivity contribution in [3.63, 3.8) is 0 Å². The lowest BCUT2D eigenvalue weighted by molar-refractivity contribution is -0.140. The van der Waals surface area contributed by atoms with E-state index in [0.717, 1.165) is 16.7 Å². The molecule has 1 heterocycles. The molecule has 11 heteroatoms. The molecule has 0 fully saturated rings. The summed E-state index contributed by atoms with van der Waals surface area (Å²) >= 11 is 0.614. The molecule has 0 bridgehead atoms. The molecule has 1 atom stereocenters. The summed E-state index contributed by atoms with van der Waals surface area (Å²) in [4.78, 5) is 27.1. The van der Waals surface area contributed by atoms with E-state index in [1.165, 1.54) is 6.92 Å². The molecule has 0 spiro atoms. The lowest BCUT2D eigenvalue weighted by atomic mass is 10.2. The molecule has 0 radical (unpaired) electrons. The Labute approximate surface area is 163 Å². The van der Waals surface area contributed by atoms with Crippen molar-refractivity contribution in [2.24, 2.45) is 4.99 Å². The zero-order valence-electron chi connectivity index (χ0n) is 14.6. The molecule has 3 rings (SSSR count). The fourth-order valence-corrected chi connectivity index (χ4v) is 3.82. The van der Waals surface area contributed by atoms with Crippen molar-refractivity contribution in [1.29, 1.82) is 0 Å². The van der Waals surface area contributed by atoms with E-state index in [9.17, 15) is 36.6 Å². The van der Waals surface area contributed by atoms with Crippen molar-refractivity contribution >= 4 is 33.4 Å². The SMILES string of the molecule is CCC(C(=O)O)n1/c(=N/C(=O)c2c(F)ccc(F)c2F)sc2cc(F)c(F)cc21. The van der Waals surface area contributed by atoms with E-state index in [1.54, 1.807) is 0 Å². The van der Waals surface area contributed by atoms with E-state index < -0.39 is 52.6 Å². The number of aromatic nitrogens is 1. The average molecular weight is 430 g/mol. The Bertz CT molecular complexity index is 1220. The second-order valence-corrected chi connectivity index (χ2v) is 6.90. The zero-order chi connectivity index (χ0) is 21.5. The molecule has 152 valence electrons. The Morgan fingerprint density at radius 2 is 1.69 bits per heavy atom. The standard InChI is InChI=1S/C18H11F5N2O3S/c1-2-11(17(27)28)25-12-5-9(21)10(22)6-13(12)29-18(25)24-16(26)14-7(19)3-4-8(20)15(14)23/h3-6,11H,2H2,1H3,(H,27,28)/b24-18-. The highest BCUT2D eigenvalue weighted by atomic mass is 32.1. The van der Waals surface area contributed by atoms with Crippen LogP contribution in [0.5, 0.6) is 0 Å². The molecule has 2 aromatic carbocycles. The van der Waals surface area contributed by atoms with Gasteiger partial charge in [0.15, 0.2) is 28.1 Å². The van der Waals surface area contributed by atoms with E-state index in [0.29, 0.717) is 23.5 Å². The molecule has 0 saturated carbocycles. The lowest BCUT2D eigenvalue weighted by Crippen LogP contribution is -2.27. The summed E-state index contributed by atoms with van der Waals surface area (Å²) in [5.41, 5.74) is -1.34. The molecule has 0 aliphatic rings. The largest absolute Gasteiger partial charge is 0.480 e. The van der Waals surface area contributed by atoms with Crippen LogP contribution in [-0.2, 0) is 4.79 Å². The van der Waals surface area contributed by atoms with Gasteiger partial charge in [0.1, 0.15) is 17.4 Å². The summed E-state index contributed by atoms with van der Waals surface area (Å²) in [6, 6.07) is 1.22. The maximum atomic E-state index is 13.9. The molecule has 0 saturated heterocycles. The van der Waals surface area contributed by atoms with Crippen LogP contribution in [0, 0.1) is 29.1 Å². The van der Waals surface area contributed by atoms with Crippen LogP contribution in [0.4, 0.5) is 22.0 Å². The molecule has 29 heavy (non-hydrogen) atoms. The van der Waals surface area contributed by atoms with E-state index in [-0.39, 0.29) is 21.4 Å². The van der Waals surface area contributed by atoms with Crippen molar-refractivity contribution < 1.29 is 36.6 Å². The maximum absolute atomic E-state index is 13.9. The molecular weight excluding hydrogens is 419 g/mol. The summed E-state index contributed by atoms with van der Waals surface area (Å²) in [5.74, 6) is -9.94. The van der Waals surface area contributed by atoms with Gasteiger partial charge in [-0.15, -0.1) is 0 Å². The van der Waals surface area contributed by atoms with Gasteiger partial charge in [-0.2, -0.15) is 4.99 Å². The van der Waals surface area contributed by atoms with Crippen molar-refractivity contribution in [2.75, 3.05) is 0 Å². The molecule has 1 aromatic heterocycles. The first-order valence-corrected chi connectivity index (χ1v) is 8.92. The summed E-state index contributed by atoms with van der Waals surface area (Å²) in [6.07, 6.45) is -0.0236. The monoisotopic (exact) mass is 430 g/mol. The number of amides is 1. The van der Waals surface area contributed by atoms with Gasteiger partial charge >= 0.3 is 5.97 Å². The Morgan fingerprint density at radius 1 is 1.07 bits per heavy atom. The van der Waals surface area contributed by atoms with Crippen molar-refractivity contribution in [1.82, 2.24) is 4.57 Å². The molecule has 3 aromatic rings. The third kappa shape index (κ3) is 3.65. The summed E-state index contributed by atoms with van der Waals surface area (Å²) < 4.78 is 69.4. The number of carboxylic acid groups (broad SMARTS) is 1. The van der Waals surface area contributed by atoms with E-state index in [4.69, 9.17) is 0 Å². The van der Waals surface area contributed by atoms with E-state index in [2.05, 4.69) is 4.99 Å². The van der Waals surface area contributed by atoms with Crippen LogP contribution in [0.25, 0.3) is 10.2 Å². The Hall–Kier alpha value is -3.08. The fourth-order valence-electron chi connectivity index (χ4n) is 2.75. The number of halogens is 5. The van der Waals surface area contributed by atoms with Crippen LogP contribution in [0.1, 0.15) is 29.7 Å². The van der Waals surface area contributed by atoms with Crippen LogP contribution < -0.4 is 4.80 Å². The molecular formula is C18H11F5N2O3S.